The van der Waals surface area contributed by atoms with Gasteiger partial charge >= 0.3 is 5.97 Å². The van der Waals surface area contributed by atoms with Crippen molar-refractivity contribution in [3.8, 4) is 11.5 Å². The summed E-state index contributed by atoms with van der Waals surface area (Å²) in [6, 6.07) is 1.65. The molecule has 0 amide bonds. The normalized spacial score (nSPS) is 20.2. The molecule has 0 radical (unpaired) electrons. The molecule has 29 heavy (non-hydrogen) atoms. The van der Waals surface area contributed by atoms with E-state index in [9.17, 15) is 25.2 Å². The summed E-state index contributed by atoms with van der Waals surface area (Å²) in [5.74, 6) is -0.962. The van der Waals surface area contributed by atoms with Gasteiger partial charge in [0.25, 0.3) is 0 Å². The summed E-state index contributed by atoms with van der Waals surface area (Å²) in [4.78, 5) is 11.4. The summed E-state index contributed by atoms with van der Waals surface area (Å²) in [6.07, 6.45) is 7.56. The van der Waals surface area contributed by atoms with Crippen molar-refractivity contribution in [2.45, 2.75) is 77.6 Å². The Morgan fingerprint density at radius 2 is 2.03 bits per heavy atom. The van der Waals surface area contributed by atoms with Crippen LogP contribution in [0.3, 0.4) is 0 Å². The molecule has 0 aliphatic carbocycles. The maximum atomic E-state index is 11.4. The largest absolute Gasteiger partial charge is 0.506 e. The van der Waals surface area contributed by atoms with Crippen LogP contribution in [-0.4, -0.2) is 43.7 Å². The van der Waals surface area contributed by atoms with Crippen LogP contribution in [0.25, 0.3) is 6.08 Å². The van der Waals surface area contributed by atoms with E-state index in [-0.39, 0.29) is 11.3 Å². The third-order valence-electron chi connectivity index (χ3n) is 5.42. The number of ether oxygens (including phenoxy) is 1. The van der Waals surface area contributed by atoms with Crippen LogP contribution in [0.15, 0.2) is 23.8 Å². The summed E-state index contributed by atoms with van der Waals surface area (Å²) in [7, 11) is 0. The fraction of sp³-hybridized carbons (Fsp3) is 0.522. The van der Waals surface area contributed by atoms with Crippen LogP contribution in [-0.2, 0) is 0 Å². The number of fused-ring (bicyclic) bond motifs is 1. The Morgan fingerprint density at radius 1 is 1.38 bits per heavy atom. The second-order valence-electron chi connectivity index (χ2n) is 8.68. The lowest BCUT2D eigenvalue weighted by atomic mass is 9.92. The number of rotatable bonds is 8. The minimum atomic E-state index is -1.17. The molecule has 6 heteroatoms. The second-order valence-corrected chi connectivity index (χ2v) is 8.68. The quantitative estimate of drug-likeness (QED) is 0.484. The third kappa shape index (κ3) is 5.61. The molecule has 0 spiro atoms. The van der Waals surface area contributed by atoms with Crippen LogP contribution < -0.4 is 4.74 Å². The summed E-state index contributed by atoms with van der Waals surface area (Å²) < 4.78 is 6.10. The van der Waals surface area contributed by atoms with Gasteiger partial charge in [0.05, 0.1) is 17.3 Å². The minimum Gasteiger partial charge on any atom is -0.506 e. The number of aliphatic hydroxyl groups is 2. The summed E-state index contributed by atoms with van der Waals surface area (Å²) in [6.45, 7) is 8.78. The third-order valence-corrected chi connectivity index (χ3v) is 5.42. The van der Waals surface area contributed by atoms with Crippen molar-refractivity contribution < 1.29 is 30.0 Å². The van der Waals surface area contributed by atoms with Crippen molar-refractivity contribution >= 4 is 12.0 Å². The van der Waals surface area contributed by atoms with Gasteiger partial charge in [-0.25, -0.2) is 4.79 Å². The Morgan fingerprint density at radius 3 is 2.62 bits per heavy atom. The van der Waals surface area contributed by atoms with Crippen LogP contribution in [0, 0.1) is 6.92 Å². The first-order valence-corrected chi connectivity index (χ1v) is 9.88. The number of carboxylic acid groups (broad SMARTS) is 1. The lowest BCUT2D eigenvalue weighted by molar-refractivity contribution is -0.0509. The Hall–Kier alpha value is -2.31. The molecular formula is C23H32O6. The smallest absolute Gasteiger partial charge is 0.339 e. The highest BCUT2D eigenvalue weighted by molar-refractivity contribution is 5.95. The van der Waals surface area contributed by atoms with Crippen molar-refractivity contribution in [3.05, 3.63) is 40.5 Å². The lowest BCUT2D eigenvalue weighted by Gasteiger charge is -2.32. The van der Waals surface area contributed by atoms with Gasteiger partial charge in [-0.05, 0) is 84.1 Å². The zero-order chi connectivity index (χ0) is 22.0. The van der Waals surface area contributed by atoms with Crippen LogP contribution in [0.4, 0.5) is 0 Å². The Labute approximate surface area is 172 Å². The van der Waals surface area contributed by atoms with E-state index in [0.717, 1.165) is 12.0 Å². The Bertz CT molecular complexity index is 831. The van der Waals surface area contributed by atoms with Gasteiger partial charge in [0, 0.05) is 0 Å². The van der Waals surface area contributed by atoms with Crippen LogP contribution in [0.1, 0.15) is 74.9 Å². The molecule has 0 aromatic heterocycles. The highest BCUT2D eigenvalue weighted by Gasteiger charge is 2.30. The SMILES string of the molecule is C/C(=C\CC[C@]1(C)C=Cc2c(cc(C)c(C(=O)O)c2O)O1)CC[C@@H](O)C(C)(C)O. The molecule has 1 heterocycles. The first kappa shape index (κ1) is 23.0. The molecular weight excluding hydrogens is 372 g/mol. The molecule has 0 saturated heterocycles. The predicted octanol–water partition coefficient (Wildman–Crippen LogP) is 4.20. The van der Waals surface area contributed by atoms with E-state index < -0.39 is 23.3 Å². The molecule has 4 N–H and O–H groups in total. The predicted molar refractivity (Wildman–Crippen MR) is 112 cm³/mol. The number of aliphatic hydroxyl groups excluding tert-OH is 1. The molecule has 0 fully saturated rings. The molecule has 1 aromatic carbocycles. The molecule has 0 unspecified atom stereocenters. The van der Waals surface area contributed by atoms with E-state index in [1.54, 1.807) is 32.9 Å². The molecule has 160 valence electrons. The number of aromatic hydroxyl groups is 1. The van der Waals surface area contributed by atoms with E-state index in [0.29, 0.717) is 36.1 Å². The maximum Gasteiger partial charge on any atom is 0.339 e. The van der Waals surface area contributed by atoms with E-state index in [1.807, 2.05) is 19.9 Å². The molecule has 0 saturated carbocycles. The van der Waals surface area contributed by atoms with Gasteiger partial charge in [-0.2, -0.15) is 0 Å². The number of aromatic carboxylic acids is 1. The van der Waals surface area contributed by atoms with Crippen molar-refractivity contribution in [2.75, 3.05) is 0 Å². The van der Waals surface area contributed by atoms with E-state index in [2.05, 4.69) is 6.08 Å². The van der Waals surface area contributed by atoms with E-state index >= 15 is 0 Å². The first-order chi connectivity index (χ1) is 13.3. The average molecular weight is 405 g/mol. The van der Waals surface area contributed by atoms with E-state index in [1.165, 1.54) is 0 Å². The molecule has 2 atom stereocenters. The monoisotopic (exact) mass is 404 g/mol. The number of benzene rings is 1. The average Bonchev–Trinajstić information content (AvgIpc) is 2.57. The van der Waals surface area contributed by atoms with Gasteiger partial charge < -0.3 is 25.2 Å². The van der Waals surface area contributed by atoms with Crippen molar-refractivity contribution in [2.24, 2.45) is 0 Å². The number of phenols is 1. The second kappa shape index (κ2) is 8.59. The van der Waals surface area contributed by atoms with Gasteiger partial charge in [0.15, 0.2) is 0 Å². The van der Waals surface area contributed by atoms with Gasteiger partial charge in [-0.15, -0.1) is 0 Å². The Balaban J connectivity index is 2.02. The fourth-order valence-electron chi connectivity index (χ4n) is 3.40. The van der Waals surface area contributed by atoms with Crippen LogP contribution in [0.2, 0.25) is 0 Å². The Kier molecular flexibility index (Phi) is 6.81. The number of hydrogen-bond donors (Lipinski definition) is 4. The van der Waals surface area contributed by atoms with E-state index in [4.69, 9.17) is 4.74 Å². The highest BCUT2D eigenvalue weighted by atomic mass is 16.5. The standard InChI is InChI=1S/C23H32O6/c1-14(8-9-18(24)22(3,4)28)7-6-11-23(5)12-10-16-17(29-23)13-15(2)19(20(16)25)21(26)27/h7,10,12-13,18,24-25,28H,6,8-9,11H2,1-5H3,(H,26,27)/b14-7+/t18-,23-/m1/s1. The van der Waals surface area contributed by atoms with Crippen LogP contribution in [0.5, 0.6) is 11.5 Å². The summed E-state index contributed by atoms with van der Waals surface area (Å²) >= 11 is 0. The highest BCUT2D eigenvalue weighted by Crippen LogP contribution is 2.41. The fourth-order valence-corrected chi connectivity index (χ4v) is 3.40. The van der Waals surface area contributed by atoms with Gasteiger partial charge in [-0.3, -0.25) is 0 Å². The molecule has 0 bridgehead atoms. The van der Waals surface area contributed by atoms with Crippen molar-refractivity contribution in [3.63, 3.8) is 0 Å². The number of allylic oxidation sites excluding steroid dienone is 2. The maximum absolute atomic E-state index is 11.4. The van der Waals surface area contributed by atoms with Gasteiger partial charge in [-0.1, -0.05) is 11.6 Å². The molecule has 1 aliphatic heterocycles. The number of carbonyl (C=O) groups is 1. The molecule has 6 nitrogen and oxygen atoms in total. The topological polar surface area (TPSA) is 107 Å². The summed E-state index contributed by atoms with van der Waals surface area (Å²) in [5, 5.41) is 39.3. The zero-order valence-electron chi connectivity index (χ0n) is 17.8. The minimum absolute atomic E-state index is 0.104. The lowest BCUT2D eigenvalue weighted by Crippen LogP contribution is -2.35. The number of carboxylic acids is 1. The van der Waals surface area contributed by atoms with Crippen molar-refractivity contribution in [1.29, 1.82) is 0 Å². The molecule has 1 aromatic rings. The zero-order valence-corrected chi connectivity index (χ0v) is 17.8. The first-order valence-electron chi connectivity index (χ1n) is 9.88. The molecule has 1 aliphatic rings. The number of aryl methyl sites for hydroxylation is 1. The molecule has 2 rings (SSSR count). The summed E-state index contributed by atoms with van der Waals surface area (Å²) in [5.41, 5.74) is 0.195. The number of hydrogen-bond acceptors (Lipinski definition) is 5. The van der Waals surface area contributed by atoms with Crippen molar-refractivity contribution in [1.82, 2.24) is 0 Å². The van der Waals surface area contributed by atoms with Gasteiger partial charge in [0.2, 0.25) is 0 Å². The van der Waals surface area contributed by atoms with Crippen LogP contribution >= 0.6 is 0 Å². The van der Waals surface area contributed by atoms with Gasteiger partial charge in [0.1, 0.15) is 22.7 Å².